The van der Waals surface area contributed by atoms with E-state index in [9.17, 15) is 8.42 Å². The summed E-state index contributed by atoms with van der Waals surface area (Å²) in [7, 11) is -3.31. The van der Waals surface area contributed by atoms with E-state index in [2.05, 4.69) is 15.1 Å². The third-order valence-electron chi connectivity index (χ3n) is 5.28. The van der Waals surface area contributed by atoms with E-state index in [0.29, 0.717) is 51.1 Å². The maximum Gasteiger partial charge on any atom is 0.282 e. The molecule has 0 spiro atoms. The lowest BCUT2D eigenvalue weighted by atomic mass is 10.2. The minimum absolute atomic E-state index is 0.468. The molecule has 0 radical (unpaired) electrons. The Balaban J connectivity index is 1.34. The predicted molar refractivity (Wildman–Crippen MR) is 92.1 cm³/mol. The average Bonchev–Trinajstić information content (AvgIpc) is 3.41. The van der Waals surface area contributed by atoms with Crippen LogP contribution in [0.4, 0.5) is 0 Å². The molecular formula is C16H27N5O3S. The Morgan fingerprint density at radius 3 is 2.36 bits per heavy atom. The van der Waals surface area contributed by atoms with Crippen molar-refractivity contribution in [2.24, 2.45) is 0 Å². The van der Waals surface area contributed by atoms with Gasteiger partial charge >= 0.3 is 0 Å². The molecule has 1 aromatic rings. The molecule has 0 bridgehead atoms. The molecule has 1 aromatic heterocycles. The van der Waals surface area contributed by atoms with Gasteiger partial charge in [0.15, 0.2) is 0 Å². The summed E-state index contributed by atoms with van der Waals surface area (Å²) < 4.78 is 34.7. The molecule has 25 heavy (non-hydrogen) atoms. The van der Waals surface area contributed by atoms with Crippen LogP contribution in [-0.4, -0.2) is 71.4 Å². The van der Waals surface area contributed by atoms with E-state index in [-0.39, 0.29) is 0 Å². The number of hydrogen-bond donors (Lipinski definition) is 0. The maximum atomic E-state index is 12.8. The number of piperidine rings is 1. The second kappa shape index (κ2) is 7.30. The van der Waals surface area contributed by atoms with Gasteiger partial charge in [-0.25, -0.2) is 0 Å². The van der Waals surface area contributed by atoms with E-state index in [1.54, 1.807) is 8.61 Å². The quantitative estimate of drug-likeness (QED) is 0.775. The summed E-state index contributed by atoms with van der Waals surface area (Å²) in [5.74, 6) is 1.88. The Hall–Kier alpha value is -1.03. The molecule has 9 heteroatoms. The second-order valence-electron chi connectivity index (χ2n) is 7.30. The number of rotatable bonds is 5. The summed E-state index contributed by atoms with van der Waals surface area (Å²) in [6.07, 6.45) is 6.20. The van der Waals surface area contributed by atoms with Crippen LogP contribution < -0.4 is 0 Å². The smallest absolute Gasteiger partial charge is 0.282 e. The first-order valence-electron chi connectivity index (χ1n) is 9.43. The van der Waals surface area contributed by atoms with E-state index in [0.717, 1.165) is 51.0 Å². The minimum Gasteiger partial charge on any atom is -0.424 e. The van der Waals surface area contributed by atoms with Crippen LogP contribution in [0.3, 0.4) is 0 Å². The van der Waals surface area contributed by atoms with E-state index in [1.807, 2.05) is 0 Å². The van der Waals surface area contributed by atoms with Crippen molar-refractivity contribution >= 4 is 10.2 Å². The molecule has 3 aliphatic rings. The zero-order valence-corrected chi connectivity index (χ0v) is 15.5. The van der Waals surface area contributed by atoms with Crippen LogP contribution in [0.2, 0.25) is 0 Å². The number of hydrogen-bond acceptors (Lipinski definition) is 6. The lowest BCUT2D eigenvalue weighted by molar-refractivity contribution is 0.245. The minimum atomic E-state index is -3.31. The molecular weight excluding hydrogens is 342 g/mol. The van der Waals surface area contributed by atoms with Gasteiger partial charge in [-0.1, -0.05) is 6.42 Å². The molecule has 0 amide bonds. The second-order valence-corrected chi connectivity index (χ2v) is 9.23. The zero-order valence-electron chi connectivity index (χ0n) is 14.6. The normalized spacial score (nSPS) is 25.1. The van der Waals surface area contributed by atoms with Gasteiger partial charge in [-0.2, -0.15) is 17.0 Å². The molecule has 2 saturated heterocycles. The van der Waals surface area contributed by atoms with E-state index < -0.39 is 10.2 Å². The molecule has 0 N–H and O–H groups in total. The Morgan fingerprint density at radius 2 is 1.60 bits per heavy atom. The van der Waals surface area contributed by atoms with Gasteiger partial charge < -0.3 is 4.42 Å². The van der Waals surface area contributed by atoms with Crippen molar-refractivity contribution in [1.82, 2.24) is 23.7 Å². The molecule has 1 saturated carbocycles. The lowest BCUT2D eigenvalue weighted by Crippen LogP contribution is -2.47. The molecule has 3 heterocycles. The fourth-order valence-corrected chi connectivity index (χ4v) is 5.33. The first kappa shape index (κ1) is 17.4. The first-order chi connectivity index (χ1) is 12.1. The van der Waals surface area contributed by atoms with Crippen LogP contribution >= 0.6 is 0 Å². The van der Waals surface area contributed by atoms with Crippen LogP contribution in [-0.2, 0) is 16.8 Å². The molecule has 1 aliphatic carbocycles. The molecule has 140 valence electrons. The maximum absolute atomic E-state index is 12.8. The fourth-order valence-electron chi connectivity index (χ4n) is 3.61. The van der Waals surface area contributed by atoms with Crippen LogP contribution in [0, 0.1) is 0 Å². The molecule has 8 nitrogen and oxygen atoms in total. The van der Waals surface area contributed by atoms with Gasteiger partial charge in [0.05, 0.1) is 6.54 Å². The molecule has 2 aliphatic heterocycles. The Bertz CT molecular complexity index is 682. The van der Waals surface area contributed by atoms with Gasteiger partial charge in [-0.05, 0) is 38.6 Å². The molecule has 0 aromatic carbocycles. The lowest BCUT2D eigenvalue weighted by Gasteiger charge is -2.31. The summed E-state index contributed by atoms with van der Waals surface area (Å²) in [5, 5.41) is 8.27. The first-order valence-corrected chi connectivity index (χ1v) is 10.8. The van der Waals surface area contributed by atoms with Crippen molar-refractivity contribution in [1.29, 1.82) is 0 Å². The van der Waals surface area contributed by atoms with Crippen molar-refractivity contribution in [3.05, 3.63) is 11.8 Å². The Kier molecular flexibility index (Phi) is 5.08. The van der Waals surface area contributed by atoms with Crippen LogP contribution in [0.25, 0.3) is 0 Å². The van der Waals surface area contributed by atoms with Gasteiger partial charge in [0.1, 0.15) is 0 Å². The van der Waals surface area contributed by atoms with Crippen LogP contribution in [0.15, 0.2) is 4.42 Å². The summed E-state index contributed by atoms with van der Waals surface area (Å²) >= 11 is 0. The monoisotopic (exact) mass is 369 g/mol. The SMILES string of the molecule is O=S(=O)(N1CCCCC1)N1CCCN(Cc2nnc(C3CC3)o2)CC1. The summed E-state index contributed by atoms with van der Waals surface area (Å²) in [5.41, 5.74) is 0. The van der Waals surface area contributed by atoms with Gasteiger partial charge in [0.25, 0.3) is 10.2 Å². The highest BCUT2D eigenvalue weighted by Crippen LogP contribution is 2.39. The Morgan fingerprint density at radius 1 is 0.880 bits per heavy atom. The van der Waals surface area contributed by atoms with Crippen molar-refractivity contribution in [2.45, 2.75) is 51.0 Å². The third kappa shape index (κ3) is 4.05. The molecule has 4 rings (SSSR count). The van der Waals surface area contributed by atoms with Gasteiger partial charge in [-0.15, -0.1) is 10.2 Å². The molecule has 0 atom stereocenters. The van der Waals surface area contributed by atoms with Crippen LogP contribution in [0.1, 0.15) is 56.2 Å². The molecule has 3 fully saturated rings. The van der Waals surface area contributed by atoms with Gasteiger partial charge in [-0.3, -0.25) is 4.90 Å². The van der Waals surface area contributed by atoms with Crippen molar-refractivity contribution in [2.75, 3.05) is 39.3 Å². The zero-order chi connectivity index (χ0) is 17.3. The number of nitrogens with zero attached hydrogens (tertiary/aromatic N) is 5. The summed E-state index contributed by atoms with van der Waals surface area (Å²) in [4.78, 5) is 2.22. The highest BCUT2D eigenvalue weighted by Gasteiger charge is 2.32. The van der Waals surface area contributed by atoms with E-state index in [4.69, 9.17) is 4.42 Å². The number of aromatic nitrogens is 2. The van der Waals surface area contributed by atoms with Crippen molar-refractivity contribution in [3.63, 3.8) is 0 Å². The average molecular weight is 369 g/mol. The Labute approximate surface area is 149 Å². The summed E-state index contributed by atoms with van der Waals surface area (Å²) in [6.45, 7) is 4.61. The van der Waals surface area contributed by atoms with Crippen molar-refractivity contribution < 1.29 is 12.8 Å². The van der Waals surface area contributed by atoms with Crippen LogP contribution in [0.5, 0.6) is 0 Å². The van der Waals surface area contributed by atoms with Crippen molar-refractivity contribution in [3.8, 4) is 0 Å². The van der Waals surface area contributed by atoms with E-state index >= 15 is 0 Å². The van der Waals surface area contributed by atoms with Gasteiger partial charge in [0.2, 0.25) is 11.8 Å². The topological polar surface area (TPSA) is 82.8 Å². The van der Waals surface area contributed by atoms with Gasteiger partial charge in [0, 0.05) is 38.6 Å². The largest absolute Gasteiger partial charge is 0.424 e. The fraction of sp³-hybridized carbons (Fsp3) is 0.875. The summed E-state index contributed by atoms with van der Waals surface area (Å²) in [6, 6.07) is 0. The highest BCUT2D eigenvalue weighted by atomic mass is 32.2. The standard InChI is InChI=1S/C16H27N5O3S/c22-25(23,20-8-2-1-3-9-20)21-10-4-7-19(11-12-21)13-15-17-18-16(24-15)14-5-6-14/h14H,1-13H2. The highest BCUT2D eigenvalue weighted by molar-refractivity contribution is 7.86. The van der Waals surface area contributed by atoms with E-state index in [1.165, 1.54) is 0 Å². The molecule has 0 unspecified atom stereocenters. The third-order valence-corrected chi connectivity index (χ3v) is 7.32. The predicted octanol–water partition coefficient (Wildman–Crippen LogP) is 1.19.